The van der Waals surface area contributed by atoms with Crippen LogP contribution < -0.4 is 19.1 Å². The largest absolute Gasteiger partial charge is 0.493 e. The Kier molecular flexibility index (Phi) is 8.06. The SMILES string of the molecule is CCOC(=O)c1sc(N(Cc2ccc(F)cc2)C(=O)c2cc(OC)c(OC)c(OC)c2)nc1C. The minimum absolute atomic E-state index is 0.0883. The van der Waals surface area contributed by atoms with Crippen LogP contribution in [0.15, 0.2) is 36.4 Å². The van der Waals surface area contributed by atoms with Crippen molar-refractivity contribution in [2.24, 2.45) is 0 Å². The van der Waals surface area contributed by atoms with E-state index in [2.05, 4.69) is 4.98 Å². The van der Waals surface area contributed by atoms with Gasteiger partial charge in [-0.2, -0.15) is 0 Å². The molecule has 3 rings (SSSR count). The van der Waals surface area contributed by atoms with Gasteiger partial charge in [0.2, 0.25) is 5.75 Å². The van der Waals surface area contributed by atoms with E-state index in [1.165, 1.54) is 50.5 Å². The van der Waals surface area contributed by atoms with Gasteiger partial charge in [0, 0.05) is 5.56 Å². The van der Waals surface area contributed by atoms with Crippen LogP contribution >= 0.6 is 11.3 Å². The van der Waals surface area contributed by atoms with Crippen LogP contribution in [0.3, 0.4) is 0 Å². The van der Waals surface area contributed by atoms with Gasteiger partial charge in [0.05, 0.1) is 40.2 Å². The number of amides is 1. The van der Waals surface area contributed by atoms with Gasteiger partial charge in [-0.05, 0) is 43.7 Å². The molecule has 0 atom stereocenters. The molecule has 8 nitrogen and oxygen atoms in total. The lowest BCUT2D eigenvalue weighted by atomic mass is 10.1. The summed E-state index contributed by atoms with van der Waals surface area (Å²) in [6.45, 7) is 3.69. The molecular formula is C24H25FN2O6S. The maximum Gasteiger partial charge on any atom is 0.350 e. The van der Waals surface area contributed by atoms with Crippen LogP contribution in [0, 0.1) is 12.7 Å². The normalized spacial score (nSPS) is 10.5. The number of carbonyl (C=O) groups is 2. The highest BCUT2D eigenvalue weighted by molar-refractivity contribution is 7.17. The van der Waals surface area contributed by atoms with Gasteiger partial charge in [-0.1, -0.05) is 23.5 Å². The van der Waals surface area contributed by atoms with E-state index in [0.29, 0.717) is 38.5 Å². The molecule has 0 fully saturated rings. The number of carbonyl (C=O) groups excluding carboxylic acids is 2. The van der Waals surface area contributed by atoms with E-state index < -0.39 is 11.9 Å². The molecule has 0 unspecified atom stereocenters. The Morgan fingerprint density at radius 3 is 2.18 bits per heavy atom. The number of methoxy groups -OCH3 is 3. The van der Waals surface area contributed by atoms with Crippen LogP contribution in [0.1, 0.15) is 38.2 Å². The van der Waals surface area contributed by atoms with Gasteiger partial charge < -0.3 is 18.9 Å². The zero-order valence-electron chi connectivity index (χ0n) is 19.5. The lowest BCUT2D eigenvalue weighted by Gasteiger charge is -2.21. The number of aromatic nitrogens is 1. The molecule has 1 aromatic heterocycles. The number of aryl methyl sites for hydroxylation is 1. The van der Waals surface area contributed by atoms with Crippen molar-refractivity contribution in [2.45, 2.75) is 20.4 Å². The Balaban J connectivity index is 2.09. The molecule has 0 aliphatic heterocycles. The average Bonchev–Trinajstić information content (AvgIpc) is 3.23. The number of esters is 1. The number of rotatable bonds is 9. The second kappa shape index (κ2) is 11.0. The third kappa shape index (κ3) is 5.28. The Morgan fingerprint density at radius 2 is 1.65 bits per heavy atom. The standard InChI is InChI=1S/C24H25FN2O6S/c1-6-33-23(29)21-14(2)26-24(34-21)27(13-15-7-9-17(25)10-8-15)22(28)16-11-18(30-3)20(32-5)19(12-16)31-4/h7-12H,6,13H2,1-5H3. The fourth-order valence-electron chi connectivity index (χ4n) is 3.24. The number of benzene rings is 2. The van der Waals surface area contributed by atoms with Crippen molar-refractivity contribution in [3.05, 3.63) is 63.9 Å². The van der Waals surface area contributed by atoms with Crippen molar-refractivity contribution in [2.75, 3.05) is 32.8 Å². The molecule has 0 spiro atoms. The van der Waals surface area contributed by atoms with E-state index in [9.17, 15) is 14.0 Å². The van der Waals surface area contributed by atoms with Crippen molar-refractivity contribution >= 4 is 28.3 Å². The first kappa shape index (κ1) is 25.0. The average molecular weight is 489 g/mol. The monoisotopic (exact) mass is 488 g/mol. The van der Waals surface area contributed by atoms with E-state index in [-0.39, 0.29) is 24.5 Å². The molecular weight excluding hydrogens is 463 g/mol. The maximum absolute atomic E-state index is 13.7. The minimum atomic E-state index is -0.509. The zero-order chi connectivity index (χ0) is 24.8. The van der Waals surface area contributed by atoms with Crippen molar-refractivity contribution in [1.82, 2.24) is 4.98 Å². The molecule has 34 heavy (non-hydrogen) atoms. The summed E-state index contributed by atoms with van der Waals surface area (Å²) in [5.41, 5.74) is 1.37. The molecule has 0 saturated heterocycles. The Morgan fingerprint density at radius 1 is 1.03 bits per heavy atom. The molecule has 0 saturated carbocycles. The summed E-state index contributed by atoms with van der Waals surface area (Å²) in [6, 6.07) is 8.86. The molecule has 2 aromatic carbocycles. The van der Waals surface area contributed by atoms with E-state index >= 15 is 0 Å². The second-order valence-electron chi connectivity index (χ2n) is 7.06. The quantitative estimate of drug-likeness (QED) is 0.406. The number of ether oxygens (including phenoxy) is 4. The van der Waals surface area contributed by atoms with Crippen LogP contribution in [0.2, 0.25) is 0 Å². The fourth-order valence-corrected chi connectivity index (χ4v) is 4.20. The molecule has 180 valence electrons. The van der Waals surface area contributed by atoms with Crippen LogP contribution in [0.5, 0.6) is 17.2 Å². The van der Waals surface area contributed by atoms with Gasteiger partial charge in [0.15, 0.2) is 16.6 Å². The van der Waals surface area contributed by atoms with E-state index in [1.54, 1.807) is 26.0 Å². The number of hydrogen-bond acceptors (Lipinski definition) is 8. The van der Waals surface area contributed by atoms with E-state index in [1.807, 2.05) is 0 Å². The molecule has 1 heterocycles. The first-order valence-corrected chi connectivity index (χ1v) is 11.1. The smallest absolute Gasteiger partial charge is 0.350 e. The molecule has 3 aromatic rings. The molecule has 1 amide bonds. The third-order valence-electron chi connectivity index (χ3n) is 4.89. The van der Waals surface area contributed by atoms with Crippen molar-refractivity contribution < 1.29 is 32.9 Å². The molecule has 0 aliphatic rings. The highest BCUT2D eigenvalue weighted by Gasteiger charge is 2.27. The molecule has 10 heteroatoms. The summed E-state index contributed by atoms with van der Waals surface area (Å²) in [7, 11) is 4.38. The fraction of sp³-hybridized carbons (Fsp3) is 0.292. The minimum Gasteiger partial charge on any atom is -0.493 e. The number of nitrogens with zero attached hydrogens (tertiary/aromatic N) is 2. The van der Waals surface area contributed by atoms with Crippen molar-refractivity contribution in [3.8, 4) is 17.2 Å². The van der Waals surface area contributed by atoms with Crippen molar-refractivity contribution in [3.63, 3.8) is 0 Å². The number of thiazole rings is 1. The maximum atomic E-state index is 13.7. The van der Waals surface area contributed by atoms with Gasteiger partial charge in [-0.25, -0.2) is 14.2 Å². The highest BCUT2D eigenvalue weighted by Crippen LogP contribution is 2.39. The van der Waals surface area contributed by atoms with Gasteiger partial charge >= 0.3 is 5.97 Å². The lowest BCUT2D eigenvalue weighted by molar-refractivity contribution is 0.0531. The summed E-state index contributed by atoms with van der Waals surface area (Å²) in [6.07, 6.45) is 0. The first-order chi connectivity index (χ1) is 16.3. The zero-order valence-corrected chi connectivity index (χ0v) is 20.3. The Bertz CT molecular complexity index is 1150. The summed E-state index contributed by atoms with van der Waals surface area (Å²) in [4.78, 5) is 32.2. The van der Waals surface area contributed by atoms with Crippen LogP contribution in [0.4, 0.5) is 9.52 Å². The van der Waals surface area contributed by atoms with Crippen LogP contribution in [0.25, 0.3) is 0 Å². The molecule has 0 bridgehead atoms. The van der Waals surface area contributed by atoms with Gasteiger partial charge in [0.25, 0.3) is 5.91 Å². The summed E-state index contributed by atoms with van der Waals surface area (Å²) >= 11 is 1.05. The first-order valence-electron chi connectivity index (χ1n) is 10.3. The van der Waals surface area contributed by atoms with Gasteiger partial charge in [-0.3, -0.25) is 9.69 Å². The predicted molar refractivity (Wildman–Crippen MR) is 126 cm³/mol. The predicted octanol–water partition coefficient (Wildman–Crippen LogP) is 4.64. The third-order valence-corrected chi connectivity index (χ3v) is 6.05. The second-order valence-corrected chi connectivity index (χ2v) is 8.04. The topological polar surface area (TPSA) is 87.2 Å². The van der Waals surface area contributed by atoms with Crippen LogP contribution in [-0.2, 0) is 11.3 Å². The molecule has 0 N–H and O–H groups in total. The number of hydrogen-bond donors (Lipinski definition) is 0. The number of halogens is 1. The molecule has 0 radical (unpaired) electrons. The molecule has 0 aliphatic carbocycles. The van der Waals surface area contributed by atoms with Crippen LogP contribution in [-0.4, -0.2) is 44.8 Å². The Hall–Kier alpha value is -3.66. The van der Waals surface area contributed by atoms with Crippen molar-refractivity contribution in [1.29, 1.82) is 0 Å². The summed E-state index contributed by atoms with van der Waals surface area (Å²) in [5, 5.41) is 0.295. The number of anilines is 1. The Labute approximate surface area is 200 Å². The summed E-state index contributed by atoms with van der Waals surface area (Å²) in [5.74, 6) is -0.343. The highest BCUT2D eigenvalue weighted by atomic mass is 32.1. The van der Waals surface area contributed by atoms with E-state index in [4.69, 9.17) is 18.9 Å². The van der Waals surface area contributed by atoms with Gasteiger partial charge in [0.1, 0.15) is 10.7 Å². The van der Waals surface area contributed by atoms with Gasteiger partial charge in [-0.15, -0.1) is 0 Å². The lowest BCUT2D eigenvalue weighted by Crippen LogP contribution is -2.30. The summed E-state index contributed by atoms with van der Waals surface area (Å²) < 4.78 is 34.6. The van der Waals surface area contributed by atoms with E-state index in [0.717, 1.165) is 11.3 Å².